The lowest BCUT2D eigenvalue weighted by molar-refractivity contribution is 0.976. The fraction of sp³-hybridized carbons (Fsp3) is 0.182. The quantitative estimate of drug-likeness (QED) is 0.682. The molecule has 0 fully saturated rings. The van der Waals surface area contributed by atoms with E-state index in [2.05, 4.69) is 4.98 Å². The molecule has 0 saturated carbocycles. The minimum atomic E-state index is 0.428. The van der Waals surface area contributed by atoms with Gasteiger partial charge in [0.2, 0.25) is 0 Å². The largest absolute Gasteiger partial charge is 0.389 e. The summed E-state index contributed by atoms with van der Waals surface area (Å²) in [6.45, 7) is 0.643. The Bertz CT molecular complexity index is 502. The molecule has 1 aromatic carbocycles. The predicted octanol–water partition coefficient (Wildman–Crippen LogP) is 1.30. The first-order chi connectivity index (χ1) is 7.22. The van der Waals surface area contributed by atoms with Crippen molar-refractivity contribution in [2.45, 2.75) is 6.42 Å². The van der Waals surface area contributed by atoms with E-state index >= 15 is 0 Å². The van der Waals surface area contributed by atoms with Crippen LogP contribution in [0.1, 0.15) is 11.1 Å². The second kappa shape index (κ2) is 4.00. The zero-order valence-electron chi connectivity index (χ0n) is 8.29. The maximum Gasteiger partial charge on any atom is 0.104 e. The highest BCUT2D eigenvalue weighted by Crippen LogP contribution is 2.20. The van der Waals surface area contributed by atoms with Crippen molar-refractivity contribution in [2.24, 2.45) is 11.5 Å². The van der Waals surface area contributed by atoms with Crippen LogP contribution in [0, 0.1) is 0 Å². The summed E-state index contributed by atoms with van der Waals surface area (Å²) >= 11 is 4.95. The minimum Gasteiger partial charge on any atom is -0.389 e. The van der Waals surface area contributed by atoms with Crippen molar-refractivity contribution in [1.29, 1.82) is 0 Å². The van der Waals surface area contributed by atoms with Crippen LogP contribution in [0.15, 0.2) is 24.4 Å². The molecule has 0 atom stereocenters. The van der Waals surface area contributed by atoms with E-state index in [1.807, 2.05) is 24.4 Å². The third-order valence-corrected chi connectivity index (χ3v) is 2.70. The topological polar surface area (TPSA) is 67.8 Å². The number of nitrogens with one attached hydrogen (secondary N) is 1. The van der Waals surface area contributed by atoms with Crippen LogP contribution in [-0.4, -0.2) is 16.5 Å². The zero-order chi connectivity index (χ0) is 10.8. The van der Waals surface area contributed by atoms with Crippen molar-refractivity contribution in [3.63, 3.8) is 0 Å². The number of fused-ring (bicyclic) bond motifs is 1. The molecule has 0 saturated heterocycles. The molecule has 2 aromatic rings. The molecule has 2 rings (SSSR count). The first-order valence-electron chi connectivity index (χ1n) is 4.82. The highest BCUT2D eigenvalue weighted by Gasteiger charge is 2.04. The van der Waals surface area contributed by atoms with E-state index < -0.39 is 0 Å². The zero-order valence-corrected chi connectivity index (χ0v) is 9.10. The number of rotatable bonds is 3. The van der Waals surface area contributed by atoms with Crippen molar-refractivity contribution >= 4 is 28.1 Å². The van der Waals surface area contributed by atoms with Gasteiger partial charge in [0, 0.05) is 22.7 Å². The molecule has 3 nitrogen and oxygen atoms in total. The average molecular weight is 219 g/mol. The van der Waals surface area contributed by atoms with Gasteiger partial charge in [-0.15, -0.1) is 0 Å². The van der Waals surface area contributed by atoms with Crippen molar-refractivity contribution in [1.82, 2.24) is 4.98 Å². The number of aromatic amines is 1. The van der Waals surface area contributed by atoms with Gasteiger partial charge in [0.15, 0.2) is 0 Å². The van der Waals surface area contributed by atoms with Gasteiger partial charge in [0.05, 0.1) is 0 Å². The summed E-state index contributed by atoms with van der Waals surface area (Å²) in [5.74, 6) is 0. The van der Waals surface area contributed by atoms with Crippen LogP contribution in [0.25, 0.3) is 10.9 Å². The maximum atomic E-state index is 5.59. The number of nitrogens with two attached hydrogens (primary N) is 2. The monoisotopic (exact) mass is 219 g/mol. The van der Waals surface area contributed by atoms with Gasteiger partial charge in [-0.25, -0.2) is 0 Å². The molecule has 0 aliphatic heterocycles. The Hall–Kier alpha value is -1.39. The van der Waals surface area contributed by atoms with Gasteiger partial charge >= 0.3 is 0 Å². The highest BCUT2D eigenvalue weighted by molar-refractivity contribution is 7.80. The summed E-state index contributed by atoms with van der Waals surface area (Å²) in [5.41, 5.74) is 14.3. The van der Waals surface area contributed by atoms with Gasteiger partial charge in [-0.3, -0.25) is 0 Å². The van der Waals surface area contributed by atoms with Crippen LogP contribution in [-0.2, 0) is 6.42 Å². The Morgan fingerprint density at radius 1 is 1.40 bits per heavy atom. The van der Waals surface area contributed by atoms with E-state index in [9.17, 15) is 0 Å². The number of H-pyrrole nitrogens is 1. The van der Waals surface area contributed by atoms with E-state index in [1.54, 1.807) is 0 Å². The summed E-state index contributed by atoms with van der Waals surface area (Å²) in [7, 11) is 0. The molecule has 0 aliphatic rings. The summed E-state index contributed by atoms with van der Waals surface area (Å²) < 4.78 is 0. The highest BCUT2D eigenvalue weighted by atomic mass is 32.1. The molecular weight excluding hydrogens is 206 g/mol. The third-order valence-electron chi connectivity index (χ3n) is 2.47. The van der Waals surface area contributed by atoms with Gasteiger partial charge in [-0.2, -0.15) is 0 Å². The number of hydrogen-bond donors (Lipinski definition) is 3. The second-order valence-electron chi connectivity index (χ2n) is 3.48. The minimum absolute atomic E-state index is 0.428. The van der Waals surface area contributed by atoms with Crippen molar-refractivity contribution < 1.29 is 0 Å². The van der Waals surface area contributed by atoms with Crippen molar-refractivity contribution in [3.05, 3.63) is 35.5 Å². The van der Waals surface area contributed by atoms with Crippen molar-refractivity contribution in [3.8, 4) is 0 Å². The molecule has 1 heterocycles. The second-order valence-corrected chi connectivity index (χ2v) is 3.92. The van der Waals surface area contributed by atoms with Crippen LogP contribution in [0.3, 0.4) is 0 Å². The molecule has 15 heavy (non-hydrogen) atoms. The lowest BCUT2D eigenvalue weighted by Gasteiger charge is -2.00. The lowest BCUT2D eigenvalue weighted by Crippen LogP contribution is -2.09. The third kappa shape index (κ3) is 1.86. The smallest absolute Gasteiger partial charge is 0.104 e. The van der Waals surface area contributed by atoms with Crippen LogP contribution >= 0.6 is 12.2 Å². The fourth-order valence-electron chi connectivity index (χ4n) is 1.69. The SMILES string of the molecule is NCCc1c[nH]c2ccc(C(N)=S)cc12. The summed E-state index contributed by atoms with van der Waals surface area (Å²) in [6, 6.07) is 5.93. The Morgan fingerprint density at radius 3 is 2.87 bits per heavy atom. The molecule has 4 heteroatoms. The van der Waals surface area contributed by atoms with Gasteiger partial charge < -0.3 is 16.5 Å². The molecule has 0 radical (unpaired) electrons. The summed E-state index contributed by atoms with van der Waals surface area (Å²) in [5, 5.41) is 1.16. The molecule has 0 unspecified atom stereocenters. The molecular formula is C11H13N3S. The molecule has 78 valence electrons. The Balaban J connectivity index is 2.56. The molecule has 1 aromatic heterocycles. The number of benzene rings is 1. The van der Waals surface area contributed by atoms with E-state index in [0.717, 1.165) is 22.9 Å². The number of aromatic nitrogens is 1. The molecule has 0 spiro atoms. The Morgan fingerprint density at radius 2 is 2.20 bits per heavy atom. The Labute approximate surface area is 93.5 Å². The van der Waals surface area contributed by atoms with Gasteiger partial charge in [0.25, 0.3) is 0 Å². The van der Waals surface area contributed by atoms with Gasteiger partial charge in [-0.05, 0) is 36.7 Å². The number of hydrogen-bond acceptors (Lipinski definition) is 2. The van der Waals surface area contributed by atoms with E-state index in [1.165, 1.54) is 5.56 Å². The number of thiocarbonyl (C=S) groups is 1. The fourth-order valence-corrected chi connectivity index (χ4v) is 1.82. The Kier molecular flexibility index (Phi) is 2.70. The summed E-state index contributed by atoms with van der Waals surface area (Å²) in [6.07, 6.45) is 2.85. The molecule has 0 bridgehead atoms. The van der Waals surface area contributed by atoms with E-state index in [4.69, 9.17) is 23.7 Å². The van der Waals surface area contributed by atoms with E-state index in [-0.39, 0.29) is 0 Å². The standard InChI is InChI=1S/C11H13N3S/c12-4-3-8-6-14-10-2-1-7(11(13)15)5-9(8)10/h1-2,5-6,14H,3-4,12H2,(H2,13,15). The first kappa shape index (κ1) is 10.1. The average Bonchev–Trinajstić information content (AvgIpc) is 2.61. The van der Waals surface area contributed by atoms with Crippen LogP contribution in [0.5, 0.6) is 0 Å². The molecule has 0 amide bonds. The van der Waals surface area contributed by atoms with Crippen molar-refractivity contribution in [2.75, 3.05) is 6.54 Å². The molecule has 0 aliphatic carbocycles. The maximum absolute atomic E-state index is 5.59. The summed E-state index contributed by atoms with van der Waals surface area (Å²) in [4.78, 5) is 3.63. The van der Waals surface area contributed by atoms with Gasteiger partial charge in [-0.1, -0.05) is 12.2 Å². The van der Waals surface area contributed by atoms with Crippen LogP contribution in [0.4, 0.5) is 0 Å². The predicted molar refractivity (Wildman–Crippen MR) is 66.9 cm³/mol. The van der Waals surface area contributed by atoms with Gasteiger partial charge in [0.1, 0.15) is 4.99 Å². The normalized spacial score (nSPS) is 10.7. The van der Waals surface area contributed by atoms with Crippen LogP contribution < -0.4 is 11.5 Å². The van der Waals surface area contributed by atoms with E-state index in [0.29, 0.717) is 11.5 Å². The molecule has 5 N–H and O–H groups in total. The first-order valence-corrected chi connectivity index (χ1v) is 5.23. The lowest BCUT2D eigenvalue weighted by atomic mass is 10.1. The van der Waals surface area contributed by atoms with Crippen LogP contribution in [0.2, 0.25) is 0 Å².